The number of benzene rings is 1. The number of hydrogen-bond acceptors (Lipinski definition) is 3. The Morgan fingerprint density at radius 3 is 2.83 bits per heavy atom. The largest absolute Gasteiger partial charge is 0.366 e. The maximum Gasteiger partial charge on any atom is 0.0643 e. The molecule has 0 aromatic heterocycles. The summed E-state index contributed by atoms with van der Waals surface area (Å²) in [6, 6.07) is 11.4. The molecule has 4 heteroatoms. The summed E-state index contributed by atoms with van der Waals surface area (Å²) in [6.07, 6.45) is 1.67. The van der Waals surface area contributed by atoms with Crippen molar-refractivity contribution in [3.05, 3.63) is 28.7 Å². The van der Waals surface area contributed by atoms with Gasteiger partial charge in [-0.05, 0) is 37.6 Å². The first-order chi connectivity index (χ1) is 8.70. The summed E-state index contributed by atoms with van der Waals surface area (Å²) in [6.45, 7) is 4.08. The van der Waals surface area contributed by atoms with Crippen molar-refractivity contribution in [2.24, 2.45) is 0 Å². The maximum atomic E-state index is 8.97. The molecule has 0 spiro atoms. The van der Waals surface area contributed by atoms with Crippen LogP contribution in [0.4, 0.5) is 5.69 Å². The van der Waals surface area contributed by atoms with Gasteiger partial charge in [0.05, 0.1) is 18.5 Å². The van der Waals surface area contributed by atoms with Gasteiger partial charge in [-0.2, -0.15) is 5.26 Å². The standard InChI is InChI=1S/C14H18BrN3/c1-11-7-9-18(14(6-8-16)10-17-11)13-4-2-12(15)3-5-13/h2-5,11,14,17H,6-7,9-10H2,1H3. The summed E-state index contributed by atoms with van der Waals surface area (Å²) in [5, 5.41) is 12.5. The number of nitriles is 1. The van der Waals surface area contributed by atoms with Gasteiger partial charge in [0.25, 0.3) is 0 Å². The first-order valence-corrected chi connectivity index (χ1v) is 7.12. The first-order valence-electron chi connectivity index (χ1n) is 6.33. The molecule has 1 fully saturated rings. The van der Waals surface area contributed by atoms with E-state index in [1.54, 1.807) is 0 Å². The average Bonchev–Trinajstić information content (AvgIpc) is 2.54. The van der Waals surface area contributed by atoms with Crippen LogP contribution in [-0.2, 0) is 0 Å². The molecule has 0 amide bonds. The molecule has 18 heavy (non-hydrogen) atoms. The molecule has 1 heterocycles. The zero-order valence-electron chi connectivity index (χ0n) is 10.6. The molecule has 0 bridgehead atoms. The van der Waals surface area contributed by atoms with Gasteiger partial charge in [0, 0.05) is 29.3 Å². The third kappa shape index (κ3) is 3.24. The Morgan fingerprint density at radius 1 is 1.44 bits per heavy atom. The van der Waals surface area contributed by atoms with E-state index < -0.39 is 0 Å². The minimum Gasteiger partial charge on any atom is -0.366 e. The Bertz CT molecular complexity index is 424. The van der Waals surface area contributed by atoms with Crippen LogP contribution in [0.1, 0.15) is 19.8 Å². The smallest absolute Gasteiger partial charge is 0.0643 e. The minimum atomic E-state index is 0.265. The summed E-state index contributed by atoms with van der Waals surface area (Å²) in [5.41, 5.74) is 1.20. The molecule has 1 saturated heterocycles. The van der Waals surface area contributed by atoms with Gasteiger partial charge in [-0.15, -0.1) is 0 Å². The van der Waals surface area contributed by atoms with Crippen LogP contribution in [0.2, 0.25) is 0 Å². The third-order valence-electron chi connectivity index (χ3n) is 3.43. The normalized spacial score (nSPS) is 24.4. The molecule has 1 aromatic carbocycles. The van der Waals surface area contributed by atoms with E-state index in [-0.39, 0.29) is 6.04 Å². The number of rotatable bonds is 2. The number of anilines is 1. The molecule has 1 aliphatic heterocycles. The van der Waals surface area contributed by atoms with Gasteiger partial charge in [-0.1, -0.05) is 15.9 Å². The summed E-state index contributed by atoms with van der Waals surface area (Å²) >= 11 is 3.46. The zero-order valence-corrected chi connectivity index (χ0v) is 12.2. The molecular formula is C14H18BrN3. The van der Waals surface area contributed by atoms with E-state index >= 15 is 0 Å². The van der Waals surface area contributed by atoms with Crippen LogP contribution in [0.25, 0.3) is 0 Å². The molecule has 1 N–H and O–H groups in total. The Balaban J connectivity index is 2.20. The van der Waals surface area contributed by atoms with E-state index in [0.717, 1.165) is 24.0 Å². The summed E-state index contributed by atoms with van der Waals surface area (Å²) in [5.74, 6) is 0. The molecule has 96 valence electrons. The number of halogens is 1. The SMILES string of the molecule is CC1CCN(c2ccc(Br)cc2)C(CC#N)CN1. The minimum absolute atomic E-state index is 0.265. The third-order valence-corrected chi connectivity index (χ3v) is 3.96. The van der Waals surface area contributed by atoms with E-state index in [1.165, 1.54) is 5.69 Å². The Hall–Kier alpha value is -1.05. The lowest BCUT2D eigenvalue weighted by molar-refractivity contribution is 0.538. The van der Waals surface area contributed by atoms with Gasteiger partial charge >= 0.3 is 0 Å². The van der Waals surface area contributed by atoms with E-state index in [4.69, 9.17) is 5.26 Å². The monoisotopic (exact) mass is 307 g/mol. The predicted octanol–water partition coefficient (Wildman–Crippen LogP) is 2.92. The van der Waals surface area contributed by atoms with Crippen LogP contribution >= 0.6 is 15.9 Å². The lowest BCUT2D eigenvalue weighted by atomic mass is 10.1. The van der Waals surface area contributed by atoms with Gasteiger partial charge in [0.1, 0.15) is 0 Å². The predicted molar refractivity (Wildman–Crippen MR) is 77.6 cm³/mol. The Labute approximate surface area is 117 Å². The molecule has 2 rings (SSSR count). The van der Waals surface area contributed by atoms with Crippen molar-refractivity contribution in [2.75, 3.05) is 18.0 Å². The highest BCUT2D eigenvalue weighted by molar-refractivity contribution is 9.10. The maximum absolute atomic E-state index is 8.97. The highest BCUT2D eigenvalue weighted by Gasteiger charge is 2.23. The lowest BCUT2D eigenvalue weighted by Gasteiger charge is -2.30. The van der Waals surface area contributed by atoms with Crippen molar-refractivity contribution >= 4 is 21.6 Å². The van der Waals surface area contributed by atoms with E-state index in [1.807, 2.05) is 0 Å². The van der Waals surface area contributed by atoms with Crippen molar-refractivity contribution in [1.29, 1.82) is 5.26 Å². The second-order valence-electron chi connectivity index (χ2n) is 4.78. The average molecular weight is 308 g/mol. The van der Waals surface area contributed by atoms with E-state index in [9.17, 15) is 0 Å². The fourth-order valence-corrected chi connectivity index (χ4v) is 2.59. The fraction of sp³-hybridized carbons (Fsp3) is 0.500. The molecule has 3 nitrogen and oxygen atoms in total. The molecule has 0 radical (unpaired) electrons. The summed E-state index contributed by atoms with van der Waals surface area (Å²) in [4.78, 5) is 2.35. The first kappa shape index (κ1) is 13.4. The van der Waals surface area contributed by atoms with Crippen molar-refractivity contribution in [3.63, 3.8) is 0 Å². The van der Waals surface area contributed by atoms with Gasteiger partial charge in [-0.25, -0.2) is 0 Å². The molecule has 0 saturated carbocycles. The van der Waals surface area contributed by atoms with E-state index in [0.29, 0.717) is 12.5 Å². The van der Waals surface area contributed by atoms with Crippen LogP contribution in [0.15, 0.2) is 28.7 Å². The van der Waals surface area contributed by atoms with Crippen LogP contribution < -0.4 is 10.2 Å². The lowest BCUT2D eigenvalue weighted by Crippen LogP contribution is -2.40. The Kier molecular flexibility index (Phi) is 4.62. The summed E-state index contributed by atoms with van der Waals surface area (Å²) < 4.78 is 1.09. The van der Waals surface area contributed by atoms with Crippen molar-refractivity contribution in [2.45, 2.75) is 31.8 Å². The van der Waals surface area contributed by atoms with Crippen molar-refractivity contribution in [3.8, 4) is 6.07 Å². The summed E-state index contributed by atoms with van der Waals surface area (Å²) in [7, 11) is 0. The highest BCUT2D eigenvalue weighted by atomic mass is 79.9. The molecule has 1 aromatic rings. The van der Waals surface area contributed by atoms with Crippen LogP contribution in [-0.4, -0.2) is 25.2 Å². The number of hydrogen-bond donors (Lipinski definition) is 1. The molecule has 1 aliphatic rings. The molecule has 2 unspecified atom stereocenters. The van der Waals surface area contributed by atoms with Gasteiger partial charge in [0.2, 0.25) is 0 Å². The number of nitrogens with one attached hydrogen (secondary N) is 1. The highest BCUT2D eigenvalue weighted by Crippen LogP contribution is 2.23. The molecular weight excluding hydrogens is 290 g/mol. The van der Waals surface area contributed by atoms with Crippen molar-refractivity contribution in [1.82, 2.24) is 5.32 Å². The van der Waals surface area contributed by atoms with Gasteiger partial charge in [0.15, 0.2) is 0 Å². The molecule has 2 atom stereocenters. The van der Waals surface area contributed by atoms with E-state index in [2.05, 4.69) is 63.4 Å². The fourth-order valence-electron chi connectivity index (χ4n) is 2.33. The molecule has 0 aliphatic carbocycles. The topological polar surface area (TPSA) is 39.1 Å². The second-order valence-corrected chi connectivity index (χ2v) is 5.70. The zero-order chi connectivity index (χ0) is 13.0. The van der Waals surface area contributed by atoms with Gasteiger partial charge < -0.3 is 10.2 Å². The van der Waals surface area contributed by atoms with Gasteiger partial charge in [-0.3, -0.25) is 0 Å². The van der Waals surface area contributed by atoms with Crippen LogP contribution in [0.3, 0.4) is 0 Å². The second kappa shape index (κ2) is 6.21. The van der Waals surface area contributed by atoms with Crippen LogP contribution in [0.5, 0.6) is 0 Å². The van der Waals surface area contributed by atoms with Crippen LogP contribution in [0, 0.1) is 11.3 Å². The Morgan fingerprint density at radius 2 is 2.17 bits per heavy atom. The van der Waals surface area contributed by atoms with Crippen molar-refractivity contribution < 1.29 is 0 Å². The number of nitrogens with zero attached hydrogens (tertiary/aromatic N) is 2. The quantitative estimate of drug-likeness (QED) is 0.913.